The highest BCUT2D eigenvalue weighted by Gasteiger charge is 2.43. The molecule has 1 aliphatic carbocycles. The van der Waals surface area contributed by atoms with E-state index in [2.05, 4.69) is 63.7 Å². The summed E-state index contributed by atoms with van der Waals surface area (Å²) in [5, 5.41) is 3.48. The molecular weight excluding hydrogens is 326 g/mol. The minimum Gasteiger partial charge on any atom is -0.496 e. The van der Waals surface area contributed by atoms with Gasteiger partial charge in [-0.2, -0.15) is 0 Å². The SMILES string of the molecule is CNC(c1ccc(OC)c(Br)c1)C1CC1c1ccccc1. The first-order valence-corrected chi connectivity index (χ1v) is 8.09. The minimum atomic E-state index is 0.386. The van der Waals surface area contributed by atoms with Crippen LogP contribution in [0.15, 0.2) is 53.0 Å². The second kappa shape index (κ2) is 6.20. The van der Waals surface area contributed by atoms with Crippen LogP contribution in [0.1, 0.15) is 29.5 Å². The van der Waals surface area contributed by atoms with Crippen molar-refractivity contribution in [1.29, 1.82) is 0 Å². The molecule has 2 nitrogen and oxygen atoms in total. The quantitative estimate of drug-likeness (QED) is 0.859. The van der Waals surface area contributed by atoms with Gasteiger partial charge in [-0.25, -0.2) is 0 Å². The van der Waals surface area contributed by atoms with E-state index in [0.717, 1.165) is 10.2 Å². The Morgan fingerprint density at radius 2 is 1.95 bits per heavy atom. The minimum absolute atomic E-state index is 0.386. The number of methoxy groups -OCH3 is 1. The van der Waals surface area contributed by atoms with Gasteiger partial charge in [0.25, 0.3) is 0 Å². The molecule has 3 unspecified atom stereocenters. The van der Waals surface area contributed by atoms with Crippen LogP contribution in [0.2, 0.25) is 0 Å². The Labute approximate surface area is 134 Å². The van der Waals surface area contributed by atoms with E-state index in [9.17, 15) is 0 Å². The molecule has 0 radical (unpaired) electrons. The average molecular weight is 346 g/mol. The topological polar surface area (TPSA) is 21.3 Å². The zero-order valence-electron chi connectivity index (χ0n) is 12.3. The van der Waals surface area contributed by atoms with E-state index in [0.29, 0.717) is 17.9 Å². The molecule has 1 N–H and O–H groups in total. The summed E-state index contributed by atoms with van der Waals surface area (Å²) in [6, 6.07) is 17.6. The highest BCUT2D eigenvalue weighted by molar-refractivity contribution is 9.10. The fraction of sp³-hybridized carbons (Fsp3) is 0.333. The molecule has 3 rings (SSSR count). The second-order valence-electron chi connectivity index (χ2n) is 5.58. The Bertz CT molecular complexity index is 614. The van der Waals surface area contributed by atoms with Gasteiger partial charge in [-0.1, -0.05) is 36.4 Å². The van der Waals surface area contributed by atoms with Gasteiger partial charge < -0.3 is 10.1 Å². The number of ether oxygens (including phenoxy) is 1. The lowest BCUT2D eigenvalue weighted by atomic mass is 9.99. The first kappa shape index (κ1) is 14.6. The third kappa shape index (κ3) is 2.99. The van der Waals surface area contributed by atoms with Gasteiger partial charge in [-0.15, -0.1) is 0 Å². The monoisotopic (exact) mass is 345 g/mol. The molecule has 1 aliphatic rings. The average Bonchev–Trinajstić information content (AvgIpc) is 3.30. The summed E-state index contributed by atoms with van der Waals surface area (Å²) in [4.78, 5) is 0. The van der Waals surface area contributed by atoms with Gasteiger partial charge in [-0.05, 0) is 64.5 Å². The summed E-state index contributed by atoms with van der Waals surface area (Å²) >= 11 is 3.58. The van der Waals surface area contributed by atoms with Crippen molar-refractivity contribution in [3.63, 3.8) is 0 Å². The summed E-state index contributed by atoms with van der Waals surface area (Å²) in [7, 11) is 3.74. The van der Waals surface area contributed by atoms with Gasteiger partial charge in [0.15, 0.2) is 0 Å². The maximum Gasteiger partial charge on any atom is 0.133 e. The maximum absolute atomic E-state index is 5.31. The van der Waals surface area contributed by atoms with Crippen molar-refractivity contribution in [2.45, 2.75) is 18.4 Å². The first-order chi connectivity index (χ1) is 10.2. The molecule has 0 saturated heterocycles. The Kier molecular flexibility index (Phi) is 4.32. The van der Waals surface area contributed by atoms with E-state index >= 15 is 0 Å². The molecule has 3 heteroatoms. The van der Waals surface area contributed by atoms with Crippen molar-refractivity contribution in [2.24, 2.45) is 5.92 Å². The van der Waals surface area contributed by atoms with Gasteiger partial charge in [0.1, 0.15) is 5.75 Å². The number of rotatable bonds is 5. The van der Waals surface area contributed by atoms with Gasteiger partial charge in [0.2, 0.25) is 0 Å². The van der Waals surface area contributed by atoms with E-state index in [-0.39, 0.29) is 0 Å². The van der Waals surface area contributed by atoms with E-state index < -0.39 is 0 Å². The predicted molar refractivity (Wildman–Crippen MR) is 89.8 cm³/mol. The number of nitrogens with one attached hydrogen (secondary N) is 1. The zero-order valence-corrected chi connectivity index (χ0v) is 13.9. The molecule has 0 heterocycles. The van der Waals surface area contributed by atoms with Crippen LogP contribution in [0, 0.1) is 5.92 Å². The smallest absolute Gasteiger partial charge is 0.133 e. The van der Waals surface area contributed by atoms with Gasteiger partial charge in [0, 0.05) is 6.04 Å². The number of hydrogen-bond acceptors (Lipinski definition) is 2. The summed E-state index contributed by atoms with van der Waals surface area (Å²) < 4.78 is 6.33. The number of benzene rings is 2. The summed E-state index contributed by atoms with van der Waals surface area (Å²) in [6.45, 7) is 0. The van der Waals surface area contributed by atoms with Gasteiger partial charge >= 0.3 is 0 Å². The summed E-state index contributed by atoms with van der Waals surface area (Å²) in [5.74, 6) is 2.21. The van der Waals surface area contributed by atoms with E-state index in [4.69, 9.17) is 4.74 Å². The van der Waals surface area contributed by atoms with Crippen LogP contribution in [0.3, 0.4) is 0 Å². The number of halogens is 1. The highest BCUT2D eigenvalue weighted by Crippen LogP contribution is 2.54. The standard InChI is InChI=1S/C18H20BrNO/c1-20-18(13-8-9-17(21-2)16(19)10-13)15-11-14(15)12-6-4-3-5-7-12/h3-10,14-15,18,20H,11H2,1-2H3. The molecular formula is C18H20BrNO. The molecule has 2 aromatic carbocycles. The van der Waals surface area contributed by atoms with Crippen LogP contribution in [-0.4, -0.2) is 14.2 Å². The molecule has 0 bridgehead atoms. The molecule has 110 valence electrons. The Balaban J connectivity index is 1.79. The maximum atomic E-state index is 5.31. The predicted octanol–water partition coefficient (Wildman–Crippen LogP) is 4.52. The number of hydrogen-bond donors (Lipinski definition) is 1. The third-order valence-corrected chi connectivity index (χ3v) is 4.96. The first-order valence-electron chi connectivity index (χ1n) is 7.30. The van der Waals surface area contributed by atoms with Gasteiger partial charge in [-0.3, -0.25) is 0 Å². The van der Waals surface area contributed by atoms with Crippen LogP contribution in [-0.2, 0) is 0 Å². The Hall–Kier alpha value is -1.32. The van der Waals surface area contributed by atoms with Crippen LogP contribution in [0.4, 0.5) is 0 Å². The van der Waals surface area contributed by atoms with Crippen molar-refractivity contribution >= 4 is 15.9 Å². The third-order valence-electron chi connectivity index (χ3n) is 4.34. The molecule has 0 spiro atoms. The lowest BCUT2D eigenvalue weighted by Gasteiger charge is -2.18. The van der Waals surface area contributed by atoms with Crippen molar-refractivity contribution in [1.82, 2.24) is 5.32 Å². The van der Waals surface area contributed by atoms with E-state index in [1.54, 1.807) is 7.11 Å². The molecule has 0 aromatic heterocycles. The normalized spacial score (nSPS) is 21.9. The molecule has 21 heavy (non-hydrogen) atoms. The van der Waals surface area contributed by atoms with Crippen LogP contribution in [0.5, 0.6) is 5.75 Å². The fourth-order valence-electron chi connectivity index (χ4n) is 3.17. The fourth-order valence-corrected chi connectivity index (χ4v) is 3.73. The van der Waals surface area contributed by atoms with Crippen molar-refractivity contribution in [2.75, 3.05) is 14.2 Å². The molecule has 0 aliphatic heterocycles. The lowest BCUT2D eigenvalue weighted by Crippen LogP contribution is -2.19. The second-order valence-corrected chi connectivity index (χ2v) is 6.43. The summed E-state index contributed by atoms with van der Waals surface area (Å²) in [6.07, 6.45) is 1.25. The Morgan fingerprint density at radius 3 is 2.57 bits per heavy atom. The van der Waals surface area contributed by atoms with Crippen molar-refractivity contribution in [3.05, 3.63) is 64.1 Å². The van der Waals surface area contributed by atoms with E-state index in [1.165, 1.54) is 17.5 Å². The van der Waals surface area contributed by atoms with Crippen LogP contribution >= 0.6 is 15.9 Å². The largest absolute Gasteiger partial charge is 0.496 e. The van der Waals surface area contributed by atoms with E-state index in [1.807, 2.05) is 13.1 Å². The molecule has 1 saturated carbocycles. The Morgan fingerprint density at radius 1 is 1.19 bits per heavy atom. The molecule has 2 aromatic rings. The molecule has 3 atom stereocenters. The lowest BCUT2D eigenvalue weighted by molar-refractivity contribution is 0.411. The van der Waals surface area contributed by atoms with Crippen molar-refractivity contribution in [3.8, 4) is 5.75 Å². The molecule has 1 fully saturated rings. The highest BCUT2D eigenvalue weighted by atomic mass is 79.9. The molecule has 0 amide bonds. The zero-order chi connectivity index (χ0) is 14.8. The summed E-state index contributed by atoms with van der Waals surface area (Å²) in [5.41, 5.74) is 2.77. The van der Waals surface area contributed by atoms with Crippen molar-refractivity contribution < 1.29 is 4.74 Å². The van der Waals surface area contributed by atoms with Gasteiger partial charge in [0.05, 0.1) is 11.6 Å². The van der Waals surface area contributed by atoms with Crippen LogP contribution in [0.25, 0.3) is 0 Å². The van der Waals surface area contributed by atoms with Crippen LogP contribution < -0.4 is 10.1 Å².